The number of thiazole rings is 1. The van der Waals surface area contributed by atoms with E-state index < -0.39 is 0 Å². The van der Waals surface area contributed by atoms with E-state index in [4.69, 9.17) is 14.5 Å². The fourth-order valence-corrected chi connectivity index (χ4v) is 3.56. The van der Waals surface area contributed by atoms with Crippen LogP contribution >= 0.6 is 11.3 Å². The Balaban J connectivity index is 2.00. The zero-order valence-electron chi connectivity index (χ0n) is 14.4. The summed E-state index contributed by atoms with van der Waals surface area (Å²) in [6.07, 6.45) is 0.165. The van der Waals surface area contributed by atoms with Gasteiger partial charge in [0.05, 0.1) is 31.9 Å². The van der Waals surface area contributed by atoms with Gasteiger partial charge in [-0.3, -0.25) is 4.79 Å². The van der Waals surface area contributed by atoms with Crippen molar-refractivity contribution in [3.8, 4) is 21.8 Å². The molecule has 0 spiro atoms. The summed E-state index contributed by atoms with van der Waals surface area (Å²) in [5.74, 6) is -0.689. The number of hydrogen-bond donors (Lipinski definition) is 0. The van der Waals surface area contributed by atoms with Crippen molar-refractivity contribution in [3.05, 3.63) is 65.0 Å². The van der Waals surface area contributed by atoms with Gasteiger partial charge in [-0.25, -0.2) is 9.78 Å². The molecule has 3 rings (SSSR count). The first-order chi connectivity index (χ1) is 12.6. The number of esters is 2. The van der Waals surface area contributed by atoms with E-state index >= 15 is 0 Å². The summed E-state index contributed by atoms with van der Waals surface area (Å²) in [5.41, 5.74) is 3.06. The topological polar surface area (TPSA) is 65.5 Å². The highest BCUT2D eigenvalue weighted by molar-refractivity contribution is 7.15. The molecule has 3 aromatic rings. The average molecular weight is 367 g/mol. The van der Waals surface area contributed by atoms with Crippen molar-refractivity contribution in [2.75, 3.05) is 14.2 Å². The summed E-state index contributed by atoms with van der Waals surface area (Å²) in [5, 5.41) is 0.777. The maximum Gasteiger partial charge on any atom is 0.337 e. The van der Waals surface area contributed by atoms with Gasteiger partial charge in [-0.05, 0) is 12.1 Å². The Morgan fingerprint density at radius 1 is 0.923 bits per heavy atom. The van der Waals surface area contributed by atoms with Crippen molar-refractivity contribution in [3.63, 3.8) is 0 Å². The molecule has 0 bridgehead atoms. The van der Waals surface area contributed by atoms with Gasteiger partial charge >= 0.3 is 11.9 Å². The van der Waals surface area contributed by atoms with Gasteiger partial charge in [-0.2, -0.15) is 0 Å². The average Bonchev–Trinajstić information content (AvgIpc) is 3.11. The Morgan fingerprint density at radius 2 is 1.62 bits per heavy atom. The van der Waals surface area contributed by atoms with E-state index in [2.05, 4.69) is 0 Å². The van der Waals surface area contributed by atoms with E-state index in [1.54, 1.807) is 12.1 Å². The second-order valence-corrected chi connectivity index (χ2v) is 6.56. The largest absolute Gasteiger partial charge is 0.469 e. The zero-order valence-corrected chi connectivity index (χ0v) is 15.2. The molecule has 26 heavy (non-hydrogen) atoms. The van der Waals surface area contributed by atoms with Crippen molar-refractivity contribution in [1.82, 2.24) is 4.98 Å². The lowest BCUT2D eigenvalue weighted by molar-refractivity contribution is -0.139. The number of carbonyl (C=O) groups is 2. The Labute approximate surface area is 155 Å². The van der Waals surface area contributed by atoms with Crippen LogP contribution in [0.25, 0.3) is 21.8 Å². The van der Waals surface area contributed by atoms with Crippen LogP contribution in [0, 0.1) is 0 Å². The summed E-state index contributed by atoms with van der Waals surface area (Å²) < 4.78 is 9.52. The summed E-state index contributed by atoms with van der Waals surface area (Å²) in [6.45, 7) is 0. The van der Waals surface area contributed by atoms with E-state index in [1.165, 1.54) is 25.6 Å². The fourth-order valence-electron chi connectivity index (χ4n) is 2.49. The molecule has 0 amide bonds. The molecule has 132 valence electrons. The Morgan fingerprint density at radius 3 is 2.23 bits per heavy atom. The molecule has 1 aromatic heterocycles. The summed E-state index contributed by atoms with van der Waals surface area (Å²) in [6, 6.07) is 16.8. The lowest BCUT2D eigenvalue weighted by Gasteiger charge is -2.01. The third-order valence-corrected chi connectivity index (χ3v) is 4.93. The van der Waals surface area contributed by atoms with Crippen LogP contribution in [-0.4, -0.2) is 31.1 Å². The molecule has 1 heterocycles. The van der Waals surface area contributed by atoms with Gasteiger partial charge in [0.1, 0.15) is 5.01 Å². The van der Waals surface area contributed by atoms with Crippen LogP contribution in [0.3, 0.4) is 0 Å². The van der Waals surface area contributed by atoms with Crippen LogP contribution < -0.4 is 0 Å². The lowest BCUT2D eigenvalue weighted by atomic mass is 10.1. The van der Waals surface area contributed by atoms with Crippen molar-refractivity contribution < 1.29 is 19.1 Å². The van der Waals surface area contributed by atoms with Crippen LogP contribution in [0.15, 0.2) is 54.6 Å². The number of nitrogens with zero attached hydrogens (tertiary/aromatic N) is 1. The smallest absolute Gasteiger partial charge is 0.337 e. The highest BCUT2D eigenvalue weighted by Gasteiger charge is 2.17. The Kier molecular flexibility index (Phi) is 5.43. The first-order valence-electron chi connectivity index (χ1n) is 7.93. The van der Waals surface area contributed by atoms with E-state index in [0.29, 0.717) is 5.56 Å². The molecule has 6 heteroatoms. The van der Waals surface area contributed by atoms with Crippen molar-refractivity contribution in [1.29, 1.82) is 0 Å². The molecule has 0 unspecified atom stereocenters. The van der Waals surface area contributed by atoms with Gasteiger partial charge in [0.15, 0.2) is 0 Å². The third kappa shape index (κ3) is 3.81. The second-order valence-electron chi connectivity index (χ2n) is 5.48. The normalized spacial score (nSPS) is 10.4. The molecule has 0 aliphatic rings. The van der Waals surface area contributed by atoms with E-state index in [9.17, 15) is 9.59 Å². The number of rotatable bonds is 5. The number of carbonyl (C=O) groups excluding carboxylic acids is 2. The molecule has 0 radical (unpaired) electrons. The quantitative estimate of drug-likeness (QED) is 0.638. The molecule has 0 aliphatic heterocycles. The van der Waals surface area contributed by atoms with Gasteiger partial charge in [-0.1, -0.05) is 42.5 Å². The van der Waals surface area contributed by atoms with Crippen molar-refractivity contribution in [2.45, 2.75) is 6.42 Å². The van der Waals surface area contributed by atoms with Gasteiger partial charge in [0.2, 0.25) is 0 Å². The number of ether oxygens (including phenoxy) is 2. The monoisotopic (exact) mass is 367 g/mol. The van der Waals surface area contributed by atoms with E-state index in [0.717, 1.165) is 26.7 Å². The minimum absolute atomic E-state index is 0.165. The van der Waals surface area contributed by atoms with Crippen molar-refractivity contribution >= 4 is 23.3 Å². The highest BCUT2D eigenvalue weighted by atomic mass is 32.1. The number of hydrogen-bond acceptors (Lipinski definition) is 6. The molecule has 2 aromatic carbocycles. The summed E-state index contributed by atoms with van der Waals surface area (Å²) in [4.78, 5) is 28.9. The highest BCUT2D eigenvalue weighted by Crippen LogP contribution is 2.34. The maximum absolute atomic E-state index is 11.8. The molecule has 5 nitrogen and oxygen atoms in total. The third-order valence-electron chi connectivity index (χ3n) is 3.83. The predicted molar refractivity (Wildman–Crippen MR) is 100 cm³/mol. The maximum atomic E-state index is 11.8. The predicted octanol–water partition coefficient (Wildman–Crippen LogP) is 3.98. The van der Waals surface area contributed by atoms with Gasteiger partial charge < -0.3 is 9.47 Å². The van der Waals surface area contributed by atoms with Crippen LogP contribution in [0.2, 0.25) is 0 Å². The van der Waals surface area contributed by atoms with Crippen LogP contribution in [0.1, 0.15) is 15.2 Å². The molecular weight excluding hydrogens is 350 g/mol. The molecular formula is C20H17NO4S. The van der Waals surface area contributed by atoms with Crippen LogP contribution in [0.5, 0.6) is 0 Å². The molecule has 0 atom stereocenters. The first-order valence-corrected chi connectivity index (χ1v) is 8.74. The summed E-state index contributed by atoms with van der Waals surface area (Å²) in [7, 11) is 2.72. The lowest BCUT2D eigenvalue weighted by Crippen LogP contribution is -2.03. The fraction of sp³-hybridized carbons (Fsp3) is 0.150. The Bertz CT molecular complexity index is 917. The second kappa shape index (κ2) is 7.93. The van der Waals surface area contributed by atoms with E-state index in [-0.39, 0.29) is 18.4 Å². The molecule has 0 aliphatic carbocycles. The number of methoxy groups -OCH3 is 2. The van der Waals surface area contributed by atoms with Crippen LogP contribution in [0.4, 0.5) is 0 Å². The van der Waals surface area contributed by atoms with Gasteiger partial charge in [0, 0.05) is 16.0 Å². The standard InChI is InChI=1S/C20H17NO4S/c1-24-17(22)12-16-18(13-6-4-3-5-7-13)21-19(26-16)14-8-10-15(11-9-14)20(23)25-2/h3-11H,12H2,1-2H3. The summed E-state index contributed by atoms with van der Waals surface area (Å²) >= 11 is 1.44. The van der Waals surface area contributed by atoms with Crippen LogP contribution in [-0.2, 0) is 20.7 Å². The number of benzene rings is 2. The molecule has 0 saturated heterocycles. The SMILES string of the molecule is COC(=O)Cc1sc(-c2ccc(C(=O)OC)cc2)nc1-c1ccccc1. The van der Waals surface area contributed by atoms with Crippen molar-refractivity contribution in [2.24, 2.45) is 0 Å². The first kappa shape index (κ1) is 17.8. The Hall–Kier alpha value is -2.99. The van der Waals surface area contributed by atoms with Gasteiger partial charge in [0.25, 0.3) is 0 Å². The zero-order chi connectivity index (χ0) is 18.5. The molecule has 0 fully saturated rings. The van der Waals surface area contributed by atoms with Gasteiger partial charge in [-0.15, -0.1) is 11.3 Å². The minimum Gasteiger partial charge on any atom is -0.469 e. The molecule has 0 saturated carbocycles. The van der Waals surface area contributed by atoms with E-state index in [1.807, 2.05) is 42.5 Å². The molecule has 0 N–H and O–H groups in total. The number of aromatic nitrogens is 1. The minimum atomic E-state index is -0.382.